The lowest BCUT2D eigenvalue weighted by Gasteiger charge is -2.24. The van der Waals surface area contributed by atoms with Crippen LogP contribution in [0, 0.1) is 6.92 Å². The third-order valence-corrected chi connectivity index (χ3v) is 5.71. The molecule has 16 heteroatoms. The normalized spacial score (nSPS) is 12.8. The van der Waals surface area contributed by atoms with Crippen molar-refractivity contribution in [3.05, 3.63) is 106 Å². The highest BCUT2D eigenvalue weighted by atomic mass is 19.4. The first-order chi connectivity index (χ1) is 20.5. The van der Waals surface area contributed by atoms with Crippen LogP contribution in [-0.2, 0) is 31.4 Å². The van der Waals surface area contributed by atoms with Crippen molar-refractivity contribution in [3.63, 3.8) is 0 Å². The van der Waals surface area contributed by atoms with E-state index in [1.165, 1.54) is 12.1 Å². The Morgan fingerprint density at radius 3 is 1.55 bits per heavy atom. The summed E-state index contributed by atoms with van der Waals surface area (Å²) in [5.74, 6) is -8.08. The summed E-state index contributed by atoms with van der Waals surface area (Å²) < 4.78 is 88.3. The largest absolute Gasteiger partial charge is 0.478 e. The summed E-state index contributed by atoms with van der Waals surface area (Å²) in [7, 11) is 0. The number of hydrazine groups is 1. The molecule has 10 nitrogen and oxygen atoms in total. The second-order valence-corrected chi connectivity index (χ2v) is 8.96. The lowest BCUT2D eigenvalue weighted by Crippen LogP contribution is -2.54. The predicted molar refractivity (Wildman–Crippen MR) is 136 cm³/mol. The SMILES string of the molecule is Cc1ccc(C(=O)NNC(=O)[C@H](OC(=O)c2cccc(C(F)(F)F)c2)[C@H](OC(=O)c2cccc(C(F)(F)F)c2)C(=O)O)cc1. The molecule has 0 saturated heterocycles. The van der Waals surface area contributed by atoms with Gasteiger partial charge in [0.2, 0.25) is 12.2 Å². The minimum atomic E-state index is -4.91. The average Bonchev–Trinajstić information content (AvgIpc) is 2.96. The van der Waals surface area contributed by atoms with Crippen LogP contribution in [0.25, 0.3) is 0 Å². The molecule has 3 N–H and O–H groups in total. The Balaban J connectivity index is 1.92. The number of nitrogens with one attached hydrogen (secondary N) is 2. The van der Waals surface area contributed by atoms with Gasteiger partial charge in [-0.1, -0.05) is 29.8 Å². The number of carbonyl (C=O) groups is 5. The first-order valence-electron chi connectivity index (χ1n) is 12.1. The smallest absolute Gasteiger partial charge is 0.416 e. The molecule has 0 aromatic heterocycles. The number of carboxylic acids is 1. The Bertz CT molecular complexity index is 1570. The Morgan fingerprint density at radius 1 is 0.659 bits per heavy atom. The van der Waals surface area contributed by atoms with Gasteiger partial charge in [0.1, 0.15) is 0 Å². The average molecular weight is 626 g/mol. The lowest BCUT2D eigenvalue weighted by molar-refractivity contribution is -0.159. The molecule has 0 aliphatic heterocycles. The molecule has 3 rings (SSSR count). The number of aliphatic carboxylic acids is 1. The number of esters is 2. The summed E-state index contributed by atoms with van der Waals surface area (Å²) in [6, 6.07) is 11.0. The number of carbonyl (C=O) groups excluding carboxylic acids is 4. The summed E-state index contributed by atoms with van der Waals surface area (Å²) in [5.41, 5.74) is 0.258. The summed E-state index contributed by atoms with van der Waals surface area (Å²) in [6.45, 7) is 1.72. The molecule has 44 heavy (non-hydrogen) atoms. The van der Waals surface area contributed by atoms with E-state index in [0.717, 1.165) is 29.8 Å². The van der Waals surface area contributed by atoms with E-state index in [0.29, 0.717) is 24.3 Å². The van der Waals surface area contributed by atoms with Gasteiger partial charge in [0.25, 0.3) is 11.8 Å². The number of ether oxygens (including phenoxy) is 2. The number of amides is 2. The third kappa shape index (κ3) is 8.56. The monoisotopic (exact) mass is 626 g/mol. The number of rotatable bonds is 8. The molecule has 0 heterocycles. The highest BCUT2D eigenvalue weighted by molar-refractivity contribution is 5.99. The number of alkyl halides is 6. The van der Waals surface area contributed by atoms with Crippen LogP contribution in [0.15, 0.2) is 72.8 Å². The molecule has 0 aliphatic carbocycles. The van der Waals surface area contributed by atoms with Gasteiger partial charge in [-0.25, -0.2) is 14.4 Å². The number of hydrogen-bond donors (Lipinski definition) is 3. The van der Waals surface area contributed by atoms with E-state index in [1.807, 2.05) is 5.43 Å². The molecule has 2 amide bonds. The van der Waals surface area contributed by atoms with E-state index >= 15 is 0 Å². The fourth-order valence-corrected chi connectivity index (χ4v) is 3.47. The van der Waals surface area contributed by atoms with Crippen LogP contribution >= 0.6 is 0 Å². The second-order valence-electron chi connectivity index (χ2n) is 8.96. The molecule has 0 spiro atoms. The van der Waals surface area contributed by atoms with Crippen molar-refractivity contribution in [2.45, 2.75) is 31.5 Å². The van der Waals surface area contributed by atoms with Crippen molar-refractivity contribution in [3.8, 4) is 0 Å². The van der Waals surface area contributed by atoms with Gasteiger partial charge in [0.05, 0.1) is 22.3 Å². The van der Waals surface area contributed by atoms with Crippen molar-refractivity contribution >= 4 is 29.7 Å². The maximum absolute atomic E-state index is 13.1. The predicted octanol–water partition coefficient (Wildman–Crippen LogP) is 4.33. The van der Waals surface area contributed by atoms with E-state index < -0.39 is 76.5 Å². The summed E-state index contributed by atoms with van der Waals surface area (Å²) in [5, 5.41) is 9.72. The van der Waals surface area contributed by atoms with Crippen LogP contribution in [-0.4, -0.2) is 47.0 Å². The number of hydrogen-bond acceptors (Lipinski definition) is 7. The zero-order chi connectivity index (χ0) is 32.8. The molecule has 232 valence electrons. The first-order valence-corrected chi connectivity index (χ1v) is 12.1. The van der Waals surface area contributed by atoms with E-state index in [-0.39, 0.29) is 5.56 Å². The van der Waals surface area contributed by atoms with Crippen molar-refractivity contribution in [2.24, 2.45) is 0 Å². The molecule has 2 atom stereocenters. The molecule has 0 aliphatic rings. The van der Waals surface area contributed by atoms with Gasteiger partial charge in [-0.05, 0) is 55.5 Å². The van der Waals surface area contributed by atoms with Gasteiger partial charge in [-0.2, -0.15) is 26.3 Å². The first kappa shape index (κ1) is 33.1. The van der Waals surface area contributed by atoms with Crippen LogP contribution in [0.5, 0.6) is 0 Å². The van der Waals surface area contributed by atoms with Crippen molar-refractivity contribution in [1.82, 2.24) is 10.9 Å². The van der Waals surface area contributed by atoms with Crippen LogP contribution < -0.4 is 10.9 Å². The van der Waals surface area contributed by atoms with Crippen LogP contribution in [0.1, 0.15) is 47.8 Å². The number of carboxylic acid groups (broad SMARTS) is 1. The molecule has 0 bridgehead atoms. The zero-order valence-corrected chi connectivity index (χ0v) is 22.2. The highest BCUT2D eigenvalue weighted by Crippen LogP contribution is 2.31. The summed E-state index contributed by atoms with van der Waals surface area (Å²) in [6.07, 6.45) is -15.2. The molecule has 3 aromatic rings. The topological polar surface area (TPSA) is 148 Å². The Morgan fingerprint density at radius 2 is 1.11 bits per heavy atom. The van der Waals surface area contributed by atoms with E-state index in [9.17, 15) is 55.4 Å². The van der Waals surface area contributed by atoms with Crippen molar-refractivity contribution < 1.29 is 64.9 Å². The minimum Gasteiger partial charge on any atom is -0.478 e. The molecule has 0 radical (unpaired) electrons. The number of benzene rings is 3. The van der Waals surface area contributed by atoms with Crippen LogP contribution in [0.2, 0.25) is 0 Å². The third-order valence-electron chi connectivity index (χ3n) is 5.71. The molecule has 0 saturated carbocycles. The van der Waals surface area contributed by atoms with Gasteiger partial charge in [0.15, 0.2) is 0 Å². The van der Waals surface area contributed by atoms with Crippen LogP contribution in [0.4, 0.5) is 26.3 Å². The van der Waals surface area contributed by atoms with E-state index in [1.54, 1.807) is 24.5 Å². The molecule has 0 fully saturated rings. The van der Waals surface area contributed by atoms with Crippen molar-refractivity contribution in [1.29, 1.82) is 0 Å². The minimum absolute atomic E-state index is 0.0131. The van der Waals surface area contributed by atoms with E-state index in [4.69, 9.17) is 9.47 Å². The Hall–Kier alpha value is -5.41. The quantitative estimate of drug-likeness (QED) is 0.190. The van der Waals surface area contributed by atoms with Gasteiger partial charge < -0.3 is 14.6 Å². The standard InChI is InChI=1S/C28H20F6N2O8/c1-14-8-10-15(11-9-14)22(37)35-36-23(38)20(43-25(41)16-4-2-6-18(12-16)27(29,30)31)21(24(39)40)44-26(42)17-5-3-7-19(13-17)28(32,33)34/h2-13,20-21H,1H3,(H,35,37)(H,36,38)(H,39,40)/t20-,21+/m1/s1. The molecule has 0 unspecified atom stereocenters. The molecular formula is C28H20F6N2O8. The maximum Gasteiger partial charge on any atom is 0.416 e. The maximum atomic E-state index is 13.1. The van der Waals surface area contributed by atoms with Crippen LogP contribution in [0.3, 0.4) is 0 Å². The fraction of sp³-hybridized carbons (Fsp3) is 0.179. The second kappa shape index (κ2) is 13.3. The van der Waals surface area contributed by atoms with E-state index in [2.05, 4.69) is 0 Å². The molecular weight excluding hydrogens is 606 g/mol. The summed E-state index contributed by atoms with van der Waals surface area (Å²) >= 11 is 0. The van der Waals surface area contributed by atoms with Gasteiger partial charge in [-0.15, -0.1) is 0 Å². The zero-order valence-electron chi connectivity index (χ0n) is 22.2. The lowest BCUT2D eigenvalue weighted by atomic mass is 10.1. The molecule has 3 aromatic carbocycles. The highest BCUT2D eigenvalue weighted by Gasteiger charge is 2.42. The fourth-order valence-electron chi connectivity index (χ4n) is 3.47. The van der Waals surface area contributed by atoms with Gasteiger partial charge in [0, 0.05) is 5.56 Å². The number of aryl methyl sites for hydroxylation is 1. The van der Waals surface area contributed by atoms with Gasteiger partial charge in [-0.3, -0.25) is 20.4 Å². The number of halogens is 6. The summed E-state index contributed by atoms with van der Waals surface area (Å²) in [4.78, 5) is 62.8. The van der Waals surface area contributed by atoms with Crippen molar-refractivity contribution in [2.75, 3.05) is 0 Å². The van der Waals surface area contributed by atoms with Gasteiger partial charge >= 0.3 is 30.3 Å². The Labute approximate surface area is 243 Å². The Kier molecular flexibility index (Phi) is 9.98.